The minimum Gasteiger partial charge on any atom is -0.0848 e. The lowest BCUT2D eigenvalue weighted by molar-refractivity contribution is 0.344. The molecular formula is C12H22. The van der Waals surface area contributed by atoms with E-state index in [1.54, 1.807) is 5.57 Å². The first kappa shape index (κ1) is 9.83. The normalized spacial score (nSPS) is 24.8. The summed E-state index contributed by atoms with van der Waals surface area (Å²) in [6, 6.07) is 0. The van der Waals surface area contributed by atoms with Crippen LogP contribution >= 0.6 is 0 Å². The van der Waals surface area contributed by atoms with E-state index in [9.17, 15) is 0 Å². The summed E-state index contributed by atoms with van der Waals surface area (Å²) < 4.78 is 0. The zero-order valence-electron chi connectivity index (χ0n) is 8.93. The molecule has 0 aromatic carbocycles. The molecule has 0 fully saturated rings. The van der Waals surface area contributed by atoms with Gasteiger partial charge >= 0.3 is 0 Å². The molecule has 0 aromatic heterocycles. The van der Waals surface area contributed by atoms with Gasteiger partial charge in [-0.05, 0) is 37.0 Å². The van der Waals surface area contributed by atoms with Crippen LogP contribution in [0.15, 0.2) is 11.6 Å². The van der Waals surface area contributed by atoms with E-state index >= 15 is 0 Å². The summed E-state index contributed by atoms with van der Waals surface area (Å²) in [7, 11) is 0. The Balaban J connectivity index is 2.47. The summed E-state index contributed by atoms with van der Waals surface area (Å²) in [5.41, 5.74) is 1.69. The van der Waals surface area contributed by atoms with Gasteiger partial charge in [0.15, 0.2) is 0 Å². The van der Waals surface area contributed by atoms with Crippen molar-refractivity contribution in [2.24, 2.45) is 17.8 Å². The number of hydrogen-bond acceptors (Lipinski definition) is 0. The van der Waals surface area contributed by atoms with Crippen LogP contribution in [0.4, 0.5) is 0 Å². The van der Waals surface area contributed by atoms with Gasteiger partial charge in [0.2, 0.25) is 0 Å². The van der Waals surface area contributed by atoms with Gasteiger partial charge < -0.3 is 0 Å². The summed E-state index contributed by atoms with van der Waals surface area (Å²) in [6.45, 7) is 9.31. The van der Waals surface area contributed by atoms with Crippen molar-refractivity contribution in [2.45, 2.75) is 47.0 Å². The van der Waals surface area contributed by atoms with E-state index in [0.717, 1.165) is 17.8 Å². The minimum atomic E-state index is 0.776. The van der Waals surface area contributed by atoms with Crippen LogP contribution in [0.5, 0.6) is 0 Å². The third kappa shape index (κ3) is 2.36. The van der Waals surface area contributed by atoms with Gasteiger partial charge in [0.05, 0.1) is 0 Å². The van der Waals surface area contributed by atoms with Gasteiger partial charge in [-0.3, -0.25) is 0 Å². The van der Waals surface area contributed by atoms with E-state index in [1.165, 1.54) is 19.3 Å². The lowest BCUT2D eigenvalue weighted by Crippen LogP contribution is -2.13. The second kappa shape index (κ2) is 4.11. The van der Waals surface area contributed by atoms with Crippen LogP contribution in [0, 0.1) is 17.8 Å². The van der Waals surface area contributed by atoms with Crippen LogP contribution in [0.3, 0.4) is 0 Å². The topological polar surface area (TPSA) is 0 Å². The van der Waals surface area contributed by atoms with Crippen molar-refractivity contribution in [3.05, 3.63) is 11.6 Å². The molecule has 1 rings (SSSR count). The van der Waals surface area contributed by atoms with Gasteiger partial charge in [0.25, 0.3) is 0 Å². The average Bonchev–Trinajstić information content (AvgIpc) is 2.04. The zero-order valence-corrected chi connectivity index (χ0v) is 8.93. The van der Waals surface area contributed by atoms with E-state index in [2.05, 4.69) is 33.8 Å². The monoisotopic (exact) mass is 166 g/mol. The fourth-order valence-electron chi connectivity index (χ4n) is 2.00. The van der Waals surface area contributed by atoms with Crippen molar-refractivity contribution in [1.82, 2.24) is 0 Å². The van der Waals surface area contributed by atoms with Crippen molar-refractivity contribution in [3.8, 4) is 0 Å². The Morgan fingerprint density at radius 1 is 1.25 bits per heavy atom. The Morgan fingerprint density at radius 2 is 1.92 bits per heavy atom. The fraction of sp³-hybridized carbons (Fsp3) is 0.833. The summed E-state index contributed by atoms with van der Waals surface area (Å²) >= 11 is 0. The first-order valence-corrected chi connectivity index (χ1v) is 5.30. The molecule has 0 saturated heterocycles. The van der Waals surface area contributed by atoms with E-state index in [0.29, 0.717) is 0 Å². The van der Waals surface area contributed by atoms with Crippen LogP contribution in [-0.4, -0.2) is 0 Å². The minimum absolute atomic E-state index is 0.776. The molecule has 1 atom stereocenters. The molecule has 0 N–H and O–H groups in total. The Hall–Kier alpha value is -0.260. The van der Waals surface area contributed by atoms with E-state index < -0.39 is 0 Å². The predicted molar refractivity (Wildman–Crippen MR) is 55.1 cm³/mol. The first-order valence-electron chi connectivity index (χ1n) is 5.30. The highest BCUT2D eigenvalue weighted by atomic mass is 14.2. The molecule has 1 aliphatic rings. The van der Waals surface area contributed by atoms with Gasteiger partial charge in [0.1, 0.15) is 0 Å². The molecule has 1 aliphatic carbocycles. The van der Waals surface area contributed by atoms with Crippen LogP contribution < -0.4 is 0 Å². The molecule has 0 bridgehead atoms. The second-order valence-electron chi connectivity index (χ2n) is 4.71. The van der Waals surface area contributed by atoms with Gasteiger partial charge in [0, 0.05) is 0 Å². The van der Waals surface area contributed by atoms with Crippen LogP contribution in [0.25, 0.3) is 0 Å². The second-order valence-corrected chi connectivity index (χ2v) is 4.71. The van der Waals surface area contributed by atoms with Crippen LogP contribution in [-0.2, 0) is 0 Å². The number of allylic oxidation sites excluding steroid dienone is 2. The lowest BCUT2D eigenvalue weighted by Gasteiger charge is -2.26. The lowest BCUT2D eigenvalue weighted by atomic mass is 9.80. The third-order valence-electron chi connectivity index (χ3n) is 3.17. The highest BCUT2D eigenvalue weighted by Crippen LogP contribution is 2.31. The van der Waals surface area contributed by atoms with E-state index in [1.807, 2.05) is 0 Å². The quantitative estimate of drug-likeness (QED) is 0.543. The highest BCUT2D eigenvalue weighted by Gasteiger charge is 2.18. The molecule has 0 spiro atoms. The van der Waals surface area contributed by atoms with Gasteiger partial charge in [-0.1, -0.05) is 39.3 Å². The molecular weight excluding hydrogens is 144 g/mol. The van der Waals surface area contributed by atoms with E-state index in [-0.39, 0.29) is 0 Å². The molecule has 0 aromatic rings. The maximum absolute atomic E-state index is 2.48. The molecule has 0 saturated carbocycles. The van der Waals surface area contributed by atoms with Crippen molar-refractivity contribution >= 4 is 0 Å². The van der Waals surface area contributed by atoms with Crippen LogP contribution in [0.1, 0.15) is 47.0 Å². The summed E-state index contributed by atoms with van der Waals surface area (Å²) in [5, 5.41) is 0. The fourth-order valence-corrected chi connectivity index (χ4v) is 2.00. The Labute approximate surface area is 77.1 Å². The SMILES string of the molecule is CC(C)C1=CC[C@H](C(C)C)CC1. The van der Waals surface area contributed by atoms with Gasteiger partial charge in [-0.25, -0.2) is 0 Å². The molecule has 0 radical (unpaired) electrons. The molecule has 0 unspecified atom stereocenters. The molecule has 70 valence electrons. The number of hydrogen-bond donors (Lipinski definition) is 0. The standard InChI is InChI=1S/C12H22/c1-9(2)11-5-7-12(8-6-11)10(3)4/h5,9-10,12H,6-8H2,1-4H3/t12-/m0/s1. The molecule has 0 heteroatoms. The largest absolute Gasteiger partial charge is 0.0848 e. The molecule has 0 amide bonds. The first-order chi connectivity index (χ1) is 5.61. The van der Waals surface area contributed by atoms with Gasteiger partial charge in [-0.2, -0.15) is 0 Å². The molecule has 0 aliphatic heterocycles. The zero-order chi connectivity index (χ0) is 9.14. The summed E-state index contributed by atoms with van der Waals surface area (Å²) in [4.78, 5) is 0. The Kier molecular flexibility index (Phi) is 3.37. The third-order valence-corrected chi connectivity index (χ3v) is 3.17. The number of rotatable bonds is 2. The smallest absolute Gasteiger partial charge is 0.0260 e. The van der Waals surface area contributed by atoms with Crippen molar-refractivity contribution in [3.63, 3.8) is 0 Å². The van der Waals surface area contributed by atoms with Crippen molar-refractivity contribution in [1.29, 1.82) is 0 Å². The Morgan fingerprint density at radius 3 is 2.25 bits per heavy atom. The van der Waals surface area contributed by atoms with Gasteiger partial charge in [-0.15, -0.1) is 0 Å². The maximum atomic E-state index is 2.48. The maximum Gasteiger partial charge on any atom is -0.0260 e. The average molecular weight is 166 g/mol. The van der Waals surface area contributed by atoms with Crippen molar-refractivity contribution in [2.75, 3.05) is 0 Å². The Bertz CT molecular complexity index is 163. The molecule has 0 nitrogen and oxygen atoms in total. The molecule has 0 heterocycles. The highest BCUT2D eigenvalue weighted by molar-refractivity contribution is 5.08. The van der Waals surface area contributed by atoms with E-state index in [4.69, 9.17) is 0 Å². The van der Waals surface area contributed by atoms with Crippen LogP contribution in [0.2, 0.25) is 0 Å². The summed E-state index contributed by atoms with van der Waals surface area (Å²) in [5.74, 6) is 2.60. The predicted octanol–water partition coefficient (Wildman–Crippen LogP) is 4.02. The summed E-state index contributed by atoms with van der Waals surface area (Å²) in [6.07, 6.45) is 6.58. The molecule has 12 heavy (non-hydrogen) atoms. The van der Waals surface area contributed by atoms with Crippen molar-refractivity contribution < 1.29 is 0 Å².